The Morgan fingerprint density at radius 1 is 1.00 bits per heavy atom. The van der Waals surface area contributed by atoms with E-state index in [2.05, 4.69) is 0 Å². The first-order valence-corrected chi connectivity index (χ1v) is 6.04. The van der Waals surface area contributed by atoms with E-state index in [1.807, 2.05) is 0 Å². The zero-order valence-electron chi connectivity index (χ0n) is 11.3. The Labute approximate surface area is 117 Å². The molecule has 0 fully saturated rings. The standard InChI is InChI=1S/C13H13F5O3/c1-3-20-9-6-5-8(7-10(9)21-4-2)11(19)12(14,15)13(16,17)18/h5-7H,3-4H2,1-2H3. The van der Waals surface area contributed by atoms with Gasteiger partial charge in [-0.3, -0.25) is 4.79 Å². The first-order chi connectivity index (χ1) is 9.65. The van der Waals surface area contributed by atoms with E-state index >= 15 is 0 Å². The fraction of sp³-hybridized carbons (Fsp3) is 0.462. The molecular weight excluding hydrogens is 299 g/mol. The normalized spacial score (nSPS) is 12.1. The first kappa shape index (κ1) is 17.2. The zero-order valence-corrected chi connectivity index (χ0v) is 11.3. The summed E-state index contributed by atoms with van der Waals surface area (Å²) in [6, 6.07) is 2.78. The first-order valence-electron chi connectivity index (χ1n) is 6.04. The van der Waals surface area contributed by atoms with Crippen LogP contribution in [-0.2, 0) is 0 Å². The Balaban J connectivity index is 3.20. The molecule has 0 bridgehead atoms. The average molecular weight is 312 g/mol. The minimum Gasteiger partial charge on any atom is -0.490 e. The second kappa shape index (κ2) is 6.28. The molecule has 0 amide bonds. The van der Waals surface area contributed by atoms with E-state index in [4.69, 9.17) is 9.47 Å². The van der Waals surface area contributed by atoms with Gasteiger partial charge < -0.3 is 9.47 Å². The molecule has 0 aliphatic carbocycles. The summed E-state index contributed by atoms with van der Waals surface area (Å²) < 4.78 is 72.8. The smallest absolute Gasteiger partial charge is 0.461 e. The van der Waals surface area contributed by atoms with E-state index < -0.39 is 23.4 Å². The number of benzene rings is 1. The van der Waals surface area contributed by atoms with Crippen molar-refractivity contribution in [1.82, 2.24) is 0 Å². The minimum absolute atomic E-state index is 0.0665. The highest BCUT2D eigenvalue weighted by atomic mass is 19.4. The second-order valence-electron chi connectivity index (χ2n) is 3.93. The van der Waals surface area contributed by atoms with Crippen molar-refractivity contribution in [3.05, 3.63) is 23.8 Å². The second-order valence-corrected chi connectivity index (χ2v) is 3.93. The van der Waals surface area contributed by atoms with Gasteiger partial charge in [-0.1, -0.05) is 0 Å². The summed E-state index contributed by atoms with van der Waals surface area (Å²) >= 11 is 0. The van der Waals surface area contributed by atoms with Gasteiger partial charge in [-0.2, -0.15) is 22.0 Å². The Kier molecular flexibility index (Phi) is 5.14. The molecule has 0 radical (unpaired) electrons. The van der Waals surface area contributed by atoms with Crippen LogP contribution in [0.25, 0.3) is 0 Å². The van der Waals surface area contributed by atoms with Gasteiger partial charge in [-0.25, -0.2) is 0 Å². The van der Waals surface area contributed by atoms with Gasteiger partial charge in [0, 0.05) is 5.56 Å². The highest BCUT2D eigenvalue weighted by Gasteiger charge is 2.63. The van der Waals surface area contributed by atoms with Crippen molar-refractivity contribution in [3.8, 4) is 11.5 Å². The molecule has 1 aromatic carbocycles. The molecule has 0 aromatic heterocycles. The predicted molar refractivity (Wildman–Crippen MR) is 64.1 cm³/mol. The summed E-state index contributed by atoms with van der Waals surface area (Å²) in [7, 11) is 0. The Bertz CT molecular complexity index is 511. The molecule has 0 N–H and O–H groups in total. The molecule has 0 aliphatic heterocycles. The Morgan fingerprint density at radius 2 is 1.52 bits per heavy atom. The van der Waals surface area contributed by atoms with Crippen molar-refractivity contribution < 1.29 is 36.2 Å². The van der Waals surface area contributed by atoms with E-state index in [9.17, 15) is 26.7 Å². The van der Waals surface area contributed by atoms with Crippen LogP contribution in [0, 0.1) is 0 Å². The molecule has 0 spiro atoms. The molecule has 0 aliphatic rings. The molecule has 0 atom stereocenters. The lowest BCUT2D eigenvalue weighted by atomic mass is 10.0. The third-order valence-electron chi connectivity index (χ3n) is 2.45. The fourth-order valence-corrected chi connectivity index (χ4v) is 1.50. The third-order valence-corrected chi connectivity index (χ3v) is 2.45. The SMILES string of the molecule is CCOc1ccc(C(=O)C(F)(F)C(F)(F)F)cc1OCC. The Morgan fingerprint density at radius 3 is 2.00 bits per heavy atom. The maximum absolute atomic E-state index is 13.0. The highest BCUT2D eigenvalue weighted by Crippen LogP contribution is 2.39. The van der Waals surface area contributed by atoms with Gasteiger partial charge >= 0.3 is 12.1 Å². The van der Waals surface area contributed by atoms with E-state index in [1.165, 1.54) is 0 Å². The topological polar surface area (TPSA) is 35.5 Å². The molecule has 0 heterocycles. The molecule has 0 saturated heterocycles. The molecule has 0 unspecified atom stereocenters. The number of rotatable bonds is 6. The van der Waals surface area contributed by atoms with Crippen LogP contribution in [0.15, 0.2) is 18.2 Å². The van der Waals surface area contributed by atoms with Gasteiger partial charge in [0.25, 0.3) is 0 Å². The number of halogens is 5. The number of carbonyl (C=O) groups excluding carboxylic acids is 1. The maximum atomic E-state index is 13.0. The quantitative estimate of drug-likeness (QED) is 0.591. The highest BCUT2D eigenvalue weighted by molar-refractivity contribution is 6.02. The van der Waals surface area contributed by atoms with E-state index in [-0.39, 0.29) is 24.7 Å². The number of alkyl halides is 5. The molecule has 8 heteroatoms. The van der Waals surface area contributed by atoms with Crippen molar-refractivity contribution in [1.29, 1.82) is 0 Å². The summed E-state index contributed by atoms with van der Waals surface area (Å²) in [5, 5.41) is 0. The number of hydrogen-bond acceptors (Lipinski definition) is 3. The minimum atomic E-state index is -5.95. The van der Waals surface area contributed by atoms with Crippen molar-refractivity contribution in [3.63, 3.8) is 0 Å². The number of carbonyl (C=O) groups is 1. The molecule has 0 saturated carbocycles. The molecule has 1 rings (SSSR count). The summed E-state index contributed by atoms with van der Waals surface area (Å²) in [6.45, 7) is 3.63. The van der Waals surface area contributed by atoms with Crippen LogP contribution < -0.4 is 9.47 Å². The van der Waals surface area contributed by atoms with Crippen molar-refractivity contribution in [2.24, 2.45) is 0 Å². The Hall–Kier alpha value is -1.86. The van der Waals surface area contributed by atoms with Crippen LogP contribution in [0.3, 0.4) is 0 Å². The van der Waals surface area contributed by atoms with Crippen LogP contribution in [0.1, 0.15) is 24.2 Å². The van der Waals surface area contributed by atoms with Crippen LogP contribution in [-0.4, -0.2) is 31.1 Å². The van der Waals surface area contributed by atoms with Gasteiger partial charge in [0.05, 0.1) is 13.2 Å². The molecular formula is C13H13F5O3. The van der Waals surface area contributed by atoms with E-state index in [1.54, 1.807) is 13.8 Å². The molecule has 3 nitrogen and oxygen atoms in total. The molecule has 118 valence electrons. The van der Waals surface area contributed by atoms with Crippen molar-refractivity contribution >= 4 is 5.78 Å². The van der Waals surface area contributed by atoms with Gasteiger partial charge in [-0.05, 0) is 32.0 Å². The fourth-order valence-electron chi connectivity index (χ4n) is 1.50. The van der Waals surface area contributed by atoms with E-state index in [0.29, 0.717) is 0 Å². The summed E-state index contributed by atoms with van der Waals surface area (Å²) in [4.78, 5) is 11.4. The lowest BCUT2D eigenvalue weighted by Gasteiger charge is -2.19. The maximum Gasteiger partial charge on any atom is 0.461 e. The number of hydrogen-bond donors (Lipinski definition) is 0. The lowest BCUT2D eigenvalue weighted by Crippen LogP contribution is -2.44. The summed E-state index contributed by atoms with van der Waals surface area (Å²) in [5.74, 6) is -7.70. The van der Waals surface area contributed by atoms with Crippen LogP contribution in [0.4, 0.5) is 22.0 Å². The number of Topliss-reactive ketones (excluding diaryl/α,β-unsaturated/α-hetero) is 1. The van der Waals surface area contributed by atoms with Gasteiger partial charge in [0.15, 0.2) is 11.5 Å². The number of ether oxygens (including phenoxy) is 2. The summed E-state index contributed by atoms with van der Waals surface area (Å²) in [5.41, 5.74) is -0.802. The zero-order chi connectivity index (χ0) is 16.3. The average Bonchev–Trinajstić information content (AvgIpc) is 2.39. The largest absolute Gasteiger partial charge is 0.490 e. The molecule has 1 aromatic rings. The third kappa shape index (κ3) is 3.62. The molecule has 21 heavy (non-hydrogen) atoms. The monoisotopic (exact) mass is 312 g/mol. The van der Waals surface area contributed by atoms with Crippen molar-refractivity contribution in [2.45, 2.75) is 25.9 Å². The van der Waals surface area contributed by atoms with Crippen LogP contribution >= 0.6 is 0 Å². The van der Waals surface area contributed by atoms with Gasteiger partial charge in [0.1, 0.15) is 0 Å². The van der Waals surface area contributed by atoms with Crippen molar-refractivity contribution in [2.75, 3.05) is 13.2 Å². The predicted octanol–water partition coefficient (Wildman–Crippen LogP) is 3.86. The summed E-state index contributed by atoms with van der Waals surface area (Å²) in [6.07, 6.45) is -5.95. The van der Waals surface area contributed by atoms with E-state index in [0.717, 1.165) is 18.2 Å². The number of ketones is 1. The van der Waals surface area contributed by atoms with Crippen LogP contribution in [0.5, 0.6) is 11.5 Å². The van der Waals surface area contributed by atoms with Gasteiger partial charge in [0.2, 0.25) is 5.78 Å². The van der Waals surface area contributed by atoms with Gasteiger partial charge in [-0.15, -0.1) is 0 Å². The lowest BCUT2D eigenvalue weighted by molar-refractivity contribution is -0.255. The van der Waals surface area contributed by atoms with Crippen LogP contribution in [0.2, 0.25) is 0 Å².